The van der Waals surface area contributed by atoms with Crippen molar-refractivity contribution in [3.05, 3.63) is 38.3 Å². The minimum Gasteiger partial charge on any atom is -0.332 e. The predicted octanol–water partition coefficient (Wildman–Crippen LogP) is 2.27. The first-order chi connectivity index (χ1) is 8.49. The summed E-state index contributed by atoms with van der Waals surface area (Å²) in [5.74, 6) is 0. The fourth-order valence-corrected chi connectivity index (χ4v) is 2.19. The van der Waals surface area contributed by atoms with Gasteiger partial charge >= 0.3 is 0 Å². The van der Waals surface area contributed by atoms with Crippen LogP contribution < -0.4 is 5.56 Å². The van der Waals surface area contributed by atoms with Gasteiger partial charge < -0.3 is 9.88 Å². The number of hydrogen-bond donors (Lipinski definition) is 1. The largest absolute Gasteiger partial charge is 0.332 e. The summed E-state index contributed by atoms with van der Waals surface area (Å²) < 4.78 is 2.00. The quantitative estimate of drug-likeness (QED) is 0.879. The number of hydrogen-bond acceptors (Lipinski definition) is 3. The summed E-state index contributed by atoms with van der Waals surface area (Å²) in [5.41, 5.74) is 0.603. The van der Waals surface area contributed by atoms with E-state index in [1.165, 1.54) is 0 Å². The number of H-pyrrole nitrogens is 1. The van der Waals surface area contributed by atoms with E-state index in [1.807, 2.05) is 19.0 Å². The Morgan fingerprint density at radius 1 is 1.44 bits per heavy atom. The number of nitrogens with zero attached hydrogens (tertiary/aromatic N) is 2. The molecule has 0 saturated heterocycles. The van der Waals surface area contributed by atoms with Crippen molar-refractivity contribution < 1.29 is 0 Å². The Morgan fingerprint density at radius 3 is 2.83 bits per heavy atom. The molecule has 1 N–H and O–H groups in total. The molecule has 0 bridgehead atoms. The molecule has 0 aliphatic heterocycles. The lowest BCUT2D eigenvalue weighted by Crippen LogP contribution is -2.27. The normalized spacial score (nSPS) is 11.3. The van der Waals surface area contributed by atoms with Gasteiger partial charge in [-0.1, -0.05) is 11.6 Å². The Morgan fingerprint density at radius 2 is 2.17 bits per heavy atom. The molecule has 0 atom stereocenters. The summed E-state index contributed by atoms with van der Waals surface area (Å²) in [6.45, 7) is 1.33. The third kappa shape index (κ3) is 2.63. The Kier molecular flexibility index (Phi) is 3.85. The second-order valence-corrected chi connectivity index (χ2v) is 5.20. The minimum atomic E-state index is -0.0766. The number of aromatic amines is 1. The van der Waals surface area contributed by atoms with Crippen molar-refractivity contribution in [1.82, 2.24) is 14.5 Å². The average molecular weight is 284 g/mol. The van der Waals surface area contributed by atoms with Gasteiger partial charge in [-0.15, -0.1) is 0 Å². The Balaban J connectivity index is 2.59. The molecular weight excluding hydrogens is 270 g/mol. The fourth-order valence-electron chi connectivity index (χ4n) is 1.73. The van der Waals surface area contributed by atoms with Gasteiger partial charge in [-0.25, -0.2) is 0 Å². The van der Waals surface area contributed by atoms with E-state index in [4.69, 9.17) is 23.8 Å². The van der Waals surface area contributed by atoms with Gasteiger partial charge in [0, 0.05) is 18.1 Å². The Bertz CT molecular complexity index is 690. The van der Waals surface area contributed by atoms with E-state index < -0.39 is 0 Å². The highest BCUT2D eigenvalue weighted by Gasteiger charge is 2.06. The van der Waals surface area contributed by atoms with E-state index in [2.05, 4.69) is 4.98 Å². The standard InChI is InChI=1S/C12H14ClN3OS/c1-15(2)5-6-16-11(17)9-4-3-8(13)7-10(9)14-12(16)18/h3-4,7H,5-6H2,1-2H3,(H,14,18). The average Bonchev–Trinajstić information content (AvgIpc) is 2.27. The van der Waals surface area contributed by atoms with Gasteiger partial charge in [-0.3, -0.25) is 9.36 Å². The van der Waals surface area contributed by atoms with Crippen LogP contribution in [0.2, 0.25) is 5.02 Å². The van der Waals surface area contributed by atoms with Gasteiger partial charge in [0.1, 0.15) is 0 Å². The molecule has 0 aliphatic rings. The predicted molar refractivity (Wildman–Crippen MR) is 77.0 cm³/mol. The maximum Gasteiger partial charge on any atom is 0.262 e. The lowest BCUT2D eigenvalue weighted by Gasteiger charge is -2.12. The van der Waals surface area contributed by atoms with E-state index in [0.717, 1.165) is 6.54 Å². The topological polar surface area (TPSA) is 41.0 Å². The van der Waals surface area contributed by atoms with Gasteiger partial charge in [-0.05, 0) is 44.5 Å². The number of rotatable bonds is 3. The molecule has 0 amide bonds. The molecule has 2 rings (SSSR count). The van der Waals surface area contributed by atoms with Crippen molar-refractivity contribution in [3.63, 3.8) is 0 Å². The molecule has 18 heavy (non-hydrogen) atoms. The number of benzene rings is 1. The van der Waals surface area contributed by atoms with Gasteiger partial charge in [0.05, 0.1) is 10.9 Å². The number of likely N-dealkylation sites (N-methyl/N-ethyl adjacent to an activating group) is 1. The summed E-state index contributed by atoms with van der Waals surface area (Å²) in [4.78, 5) is 17.3. The van der Waals surface area contributed by atoms with E-state index >= 15 is 0 Å². The minimum absolute atomic E-state index is 0.0766. The highest BCUT2D eigenvalue weighted by molar-refractivity contribution is 7.71. The molecule has 0 saturated carbocycles. The number of aromatic nitrogens is 2. The SMILES string of the molecule is CN(C)CCn1c(=S)[nH]c2cc(Cl)ccc2c1=O. The maximum atomic E-state index is 12.3. The number of halogens is 1. The van der Waals surface area contributed by atoms with Crippen molar-refractivity contribution in [3.8, 4) is 0 Å². The zero-order chi connectivity index (χ0) is 13.3. The van der Waals surface area contributed by atoms with E-state index in [1.54, 1.807) is 22.8 Å². The van der Waals surface area contributed by atoms with Gasteiger partial charge in [0.15, 0.2) is 4.77 Å². The van der Waals surface area contributed by atoms with Crippen LogP contribution in [0.25, 0.3) is 10.9 Å². The summed E-state index contributed by atoms with van der Waals surface area (Å²) in [5, 5.41) is 1.19. The van der Waals surface area contributed by atoms with Crippen LogP contribution in [0.15, 0.2) is 23.0 Å². The van der Waals surface area contributed by atoms with E-state index in [-0.39, 0.29) is 5.56 Å². The summed E-state index contributed by atoms with van der Waals surface area (Å²) in [6.07, 6.45) is 0. The first-order valence-electron chi connectivity index (χ1n) is 5.56. The summed E-state index contributed by atoms with van der Waals surface area (Å²) in [7, 11) is 3.91. The van der Waals surface area contributed by atoms with Crippen molar-refractivity contribution in [2.45, 2.75) is 6.54 Å². The van der Waals surface area contributed by atoms with Gasteiger partial charge in [0.2, 0.25) is 0 Å². The number of fused-ring (bicyclic) bond motifs is 1. The van der Waals surface area contributed by atoms with Crippen LogP contribution >= 0.6 is 23.8 Å². The molecule has 1 aromatic carbocycles. The van der Waals surface area contributed by atoms with E-state index in [0.29, 0.717) is 27.2 Å². The molecule has 4 nitrogen and oxygen atoms in total. The zero-order valence-corrected chi connectivity index (χ0v) is 11.8. The van der Waals surface area contributed by atoms with Crippen LogP contribution in [0.4, 0.5) is 0 Å². The first kappa shape index (κ1) is 13.3. The van der Waals surface area contributed by atoms with Gasteiger partial charge in [0.25, 0.3) is 5.56 Å². The van der Waals surface area contributed by atoms with Crippen molar-refractivity contribution in [2.75, 3.05) is 20.6 Å². The molecular formula is C12H14ClN3OS. The molecule has 1 aromatic heterocycles. The monoisotopic (exact) mass is 283 g/mol. The van der Waals surface area contributed by atoms with Crippen LogP contribution in [-0.2, 0) is 6.54 Å². The molecule has 6 heteroatoms. The van der Waals surface area contributed by atoms with Gasteiger partial charge in [-0.2, -0.15) is 0 Å². The third-order valence-electron chi connectivity index (χ3n) is 2.71. The Hall–Kier alpha value is -1.17. The molecule has 0 radical (unpaired) electrons. The molecule has 0 unspecified atom stereocenters. The smallest absolute Gasteiger partial charge is 0.262 e. The second kappa shape index (κ2) is 5.22. The lowest BCUT2D eigenvalue weighted by molar-refractivity contribution is 0.379. The van der Waals surface area contributed by atoms with Crippen molar-refractivity contribution in [2.24, 2.45) is 0 Å². The third-order valence-corrected chi connectivity index (χ3v) is 3.27. The van der Waals surface area contributed by atoms with Crippen LogP contribution in [0.5, 0.6) is 0 Å². The Labute approximate surface area is 115 Å². The van der Waals surface area contributed by atoms with Crippen molar-refractivity contribution in [1.29, 1.82) is 0 Å². The second-order valence-electron chi connectivity index (χ2n) is 4.38. The molecule has 0 spiro atoms. The summed E-state index contributed by atoms with van der Waals surface area (Å²) >= 11 is 11.1. The molecule has 0 aliphatic carbocycles. The van der Waals surface area contributed by atoms with Crippen LogP contribution in [0, 0.1) is 4.77 Å². The van der Waals surface area contributed by atoms with Crippen LogP contribution in [0.1, 0.15) is 0 Å². The zero-order valence-electron chi connectivity index (χ0n) is 10.2. The highest BCUT2D eigenvalue weighted by atomic mass is 35.5. The molecule has 96 valence electrons. The highest BCUT2D eigenvalue weighted by Crippen LogP contribution is 2.14. The summed E-state index contributed by atoms with van der Waals surface area (Å²) in [6, 6.07) is 5.14. The molecule has 1 heterocycles. The maximum absolute atomic E-state index is 12.3. The van der Waals surface area contributed by atoms with Crippen molar-refractivity contribution >= 4 is 34.7 Å². The first-order valence-corrected chi connectivity index (χ1v) is 6.35. The lowest BCUT2D eigenvalue weighted by atomic mass is 10.2. The number of nitrogens with one attached hydrogen (secondary N) is 1. The molecule has 0 fully saturated rings. The van der Waals surface area contributed by atoms with Crippen LogP contribution in [-0.4, -0.2) is 35.1 Å². The molecule has 2 aromatic rings. The van der Waals surface area contributed by atoms with E-state index in [9.17, 15) is 4.79 Å². The van der Waals surface area contributed by atoms with Crippen LogP contribution in [0.3, 0.4) is 0 Å². The fraction of sp³-hybridized carbons (Fsp3) is 0.333.